The monoisotopic (exact) mass is 380 g/mol. The summed E-state index contributed by atoms with van der Waals surface area (Å²) in [4.78, 5) is 25.2. The van der Waals surface area contributed by atoms with Crippen molar-refractivity contribution in [3.63, 3.8) is 0 Å². The molecule has 0 saturated heterocycles. The van der Waals surface area contributed by atoms with Crippen molar-refractivity contribution in [3.05, 3.63) is 23.8 Å². The zero-order valence-corrected chi connectivity index (χ0v) is 17.4. The van der Waals surface area contributed by atoms with Gasteiger partial charge in [0, 0.05) is 0 Å². The Morgan fingerprint density at radius 1 is 0.963 bits per heavy atom. The fourth-order valence-electron chi connectivity index (χ4n) is 2.12. The highest BCUT2D eigenvalue weighted by Gasteiger charge is 2.32. The summed E-state index contributed by atoms with van der Waals surface area (Å²) in [6.07, 6.45) is 0.0998. The summed E-state index contributed by atoms with van der Waals surface area (Å²) in [5, 5.41) is 9.73. The van der Waals surface area contributed by atoms with Crippen LogP contribution in [0, 0.1) is 16.7 Å². The maximum absolute atomic E-state index is 12.6. The Morgan fingerprint density at radius 3 is 1.85 bits per heavy atom. The Balaban J connectivity index is 2.98. The van der Waals surface area contributed by atoms with Crippen LogP contribution >= 0.6 is 0 Å². The number of phenols is 1. The van der Waals surface area contributed by atoms with E-state index in [2.05, 4.69) is 0 Å². The van der Waals surface area contributed by atoms with E-state index in [-0.39, 0.29) is 42.0 Å². The van der Waals surface area contributed by atoms with Crippen LogP contribution in [0.4, 0.5) is 0 Å². The molecule has 6 heteroatoms. The molecule has 0 aliphatic carbocycles. The minimum absolute atomic E-state index is 0.0107. The Hall–Kier alpha value is -2.24. The van der Waals surface area contributed by atoms with Gasteiger partial charge in [-0.25, -0.2) is 0 Å². The van der Waals surface area contributed by atoms with Gasteiger partial charge in [0.1, 0.15) is 0 Å². The Kier molecular flexibility index (Phi) is 7.69. The highest BCUT2D eigenvalue weighted by Crippen LogP contribution is 2.28. The van der Waals surface area contributed by atoms with Gasteiger partial charge >= 0.3 is 11.9 Å². The lowest BCUT2D eigenvalue weighted by Gasteiger charge is -2.23. The van der Waals surface area contributed by atoms with Crippen molar-refractivity contribution in [2.24, 2.45) is 16.7 Å². The Morgan fingerprint density at radius 2 is 1.44 bits per heavy atom. The van der Waals surface area contributed by atoms with Gasteiger partial charge in [-0.15, -0.1) is 0 Å². The minimum atomic E-state index is -1.08. The van der Waals surface area contributed by atoms with Crippen molar-refractivity contribution in [2.75, 3.05) is 20.3 Å². The van der Waals surface area contributed by atoms with Crippen molar-refractivity contribution in [1.82, 2.24) is 0 Å². The summed E-state index contributed by atoms with van der Waals surface area (Å²) in [6.45, 7) is 12.1. The van der Waals surface area contributed by atoms with Crippen molar-refractivity contribution in [1.29, 1.82) is 0 Å². The maximum Gasteiger partial charge on any atom is 0.320 e. The van der Waals surface area contributed by atoms with Crippen LogP contribution in [0.1, 0.15) is 47.1 Å². The highest BCUT2D eigenvalue weighted by molar-refractivity contribution is 5.95. The molecule has 0 atom stereocenters. The van der Waals surface area contributed by atoms with E-state index in [4.69, 9.17) is 14.2 Å². The molecule has 152 valence electrons. The standard InChI is InChI=1S/C21H32O6/c1-20(2,3)12-26-18(23)15(19(24)27-13-21(4,5)6)10-14-8-9-16(22)17(11-14)25-7/h8-9,11,15,22H,10,12-13H2,1-7H3. The molecule has 6 nitrogen and oxygen atoms in total. The second kappa shape index (κ2) is 9.11. The maximum atomic E-state index is 12.6. The second-order valence-corrected chi connectivity index (χ2v) is 9.10. The van der Waals surface area contributed by atoms with Gasteiger partial charge < -0.3 is 19.3 Å². The fraction of sp³-hybridized carbons (Fsp3) is 0.619. The predicted octanol–water partition coefficient (Wildman–Crippen LogP) is 3.74. The third-order valence-electron chi connectivity index (χ3n) is 3.55. The molecule has 0 unspecified atom stereocenters. The number of benzene rings is 1. The first kappa shape index (κ1) is 22.8. The molecular weight excluding hydrogens is 348 g/mol. The average Bonchev–Trinajstić information content (AvgIpc) is 2.55. The molecule has 0 aliphatic heterocycles. The number of rotatable bonds is 7. The number of carbonyl (C=O) groups is 2. The highest BCUT2D eigenvalue weighted by atomic mass is 16.6. The third kappa shape index (κ3) is 8.33. The number of hydrogen-bond acceptors (Lipinski definition) is 6. The van der Waals surface area contributed by atoms with E-state index < -0.39 is 17.9 Å². The summed E-state index contributed by atoms with van der Waals surface area (Å²) < 4.78 is 15.8. The molecule has 0 radical (unpaired) electrons. The topological polar surface area (TPSA) is 82.1 Å². The zero-order valence-electron chi connectivity index (χ0n) is 17.4. The van der Waals surface area contributed by atoms with E-state index in [1.54, 1.807) is 12.1 Å². The summed E-state index contributed by atoms with van der Waals surface area (Å²) in [5.74, 6) is -2.04. The van der Waals surface area contributed by atoms with Gasteiger partial charge in [-0.05, 0) is 34.9 Å². The van der Waals surface area contributed by atoms with Crippen LogP contribution in [0.15, 0.2) is 18.2 Å². The molecule has 0 bridgehead atoms. The van der Waals surface area contributed by atoms with Crippen LogP contribution in [0.2, 0.25) is 0 Å². The minimum Gasteiger partial charge on any atom is -0.504 e. The molecule has 1 rings (SSSR count). The molecular formula is C21H32O6. The first-order valence-corrected chi connectivity index (χ1v) is 9.01. The smallest absolute Gasteiger partial charge is 0.320 e. The lowest BCUT2D eigenvalue weighted by Crippen LogP contribution is -2.33. The molecule has 0 fully saturated rings. The van der Waals surface area contributed by atoms with Gasteiger partial charge in [0.05, 0.1) is 20.3 Å². The van der Waals surface area contributed by atoms with E-state index in [1.807, 2.05) is 41.5 Å². The first-order valence-electron chi connectivity index (χ1n) is 9.01. The molecule has 1 aromatic rings. The molecule has 27 heavy (non-hydrogen) atoms. The summed E-state index contributed by atoms with van der Waals surface area (Å²) in [6, 6.07) is 4.70. The number of ether oxygens (including phenoxy) is 3. The van der Waals surface area contributed by atoms with Crippen molar-refractivity contribution in [2.45, 2.75) is 48.0 Å². The molecule has 0 spiro atoms. The number of phenolic OH excluding ortho intramolecular Hbond substituents is 1. The SMILES string of the molecule is COc1cc(CC(C(=O)OCC(C)(C)C)C(=O)OCC(C)(C)C)ccc1O. The Bertz CT molecular complexity index is 622. The van der Waals surface area contributed by atoms with E-state index in [9.17, 15) is 14.7 Å². The molecule has 0 saturated carbocycles. The first-order chi connectivity index (χ1) is 12.3. The van der Waals surface area contributed by atoms with Gasteiger partial charge in [0.25, 0.3) is 0 Å². The third-order valence-corrected chi connectivity index (χ3v) is 3.55. The largest absolute Gasteiger partial charge is 0.504 e. The lowest BCUT2D eigenvalue weighted by molar-refractivity contribution is -0.165. The van der Waals surface area contributed by atoms with Crippen molar-refractivity contribution >= 4 is 11.9 Å². The summed E-state index contributed by atoms with van der Waals surface area (Å²) >= 11 is 0. The Labute approximate surface area is 161 Å². The normalized spacial score (nSPS) is 12.0. The van der Waals surface area contributed by atoms with E-state index in [0.29, 0.717) is 5.56 Å². The molecule has 0 amide bonds. The number of carbonyl (C=O) groups excluding carboxylic acids is 2. The summed E-state index contributed by atoms with van der Waals surface area (Å²) in [7, 11) is 1.44. The van der Waals surface area contributed by atoms with Crippen LogP contribution in [0.3, 0.4) is 0 Å². The van der Waals surface area contributed by atoms with E-state index >= 15 is 0 Å². The molecule has 0 aliphatic rings. The zero-order chi connectivity index (χ0) is 20.8. The number of aromatic hydroxyl groups is 1. The van der Waals surface area contributed by atoms with Gasteiger partial charge in [0.15, 0.2) is 17.4 Å². The average molecular weight is 380 g/mol. The molecule has 0 aromatic heterocycles. The van der Waals surface area contributed by atoms with Crippen molar-refractivity contribution < 1.29 is 28.9 Å². The van der Waals surface area contributed by atoms with Gasteiger partial charge in [0.2, 0.25) is 0 Å². The van der Waals surface area contributed by atoms with Crippen LogP contribution in [0.25, 0.3) is 0 Å². The fourth-order valence-corrected chi connectivity index (χ4v) is 2.12. The number of methoxy groups -OCH3 is 1. The summed E-state index contributed by atoms with van der Waals surface area (Å²) in [5.41, 5.74) is 0.240. The van der Waals surface area contributed by atoms with Gasteiger partial charge in [-0.1, -0.05) is 47.6 Å². The predicted molar refractivity (Wildman–Crippen MR) is 103 cm³/mol. The van der Waals surface area contributed by atoms with Crippen LogP contribution in [-0.4, -0.2) is 37.4 Å². The van der Waals surface area contributed by atoms with E-state index in [1.165, 1.54) is 13.2 Å². The van der Waals surface area contributed by atoms with Gasteiger partial charge in [-0.2, -0.15) is 0 Å². The van der Waals surface area contributed by atoms with Gasteiger partial charge in [-0.3, -0.25) is 9.59 Å². The van der Waals surface area contributed by atoms with Crippen LogP contribution in [0.5, 0.6) is 11.5 Å². The number of hydrogen-bond donors (Lipinski definition) is 1. The lowest BCUT2D eigenvalue weighted by atomic mass is 9.96. The molecule has 1 aromatic carbocycles. The van der Waals surface area contributed by atoms with E-state index in [0.717, 1.165) is 0 Å². The van der Waals surface area contributed by atoms with Crippen LogP contribution < -0.4 is 4.74 Å². The second-order valence-electron chi connectivity index (χ2n) is 9.10. The quantitative estimate of drug-likeness (QED) is 0.573. The molecule has 1 N–H and O–H groups in total. The van der Waals surface area contributed by atoms with Crippen LogP contribution in [-0.2, 0) is 25.5 Å². The molecule has 0 heterocycles. The number of esters is 2. The van der Waals surface area contributed by atoms with Crippen molar-refractivity contribution in [3.8, 4) is 11.5 Å².